The van der Waals surface area contributed by atoms with E-state index in [1.54, 1.807) is 4.68 Å². The second-order valence-corrected chi connectivity index (χ2v) is 5.75. The van der Waals surface area contributed by atoms with E-state index < -0.39 is 5.82 Å². The highest BCUT2D eigenvalue weighted by Crippen LogP contribution is 2.29. The Balaban J connectivity index is 1.91. The highest BCUT2D eigenvalue weighted by Gasteiger charge is 2.19. The normalized spacial score (nSPS) is 11.1. The maximum Gasteiger partial charge on any atom is 0.184 e. The largest absolute Gasteiger partial charge is 0.393 e. The summed E-state index contributed by atoms with van der Waals surface area (Å²) < 4.78 is 15.4. The summed E-state index contributed by atoms with van der Waals surface area (Å²) in [5, 5.41) is 4.98. The Morgan fingerprint density at radius 2 is 1.69 bits per heavy atom. The van der Waals surface area contributed by atoms with E-state index in [1.165, 1.54) is 6.07 Å². The molecule has 0 atom stereocenters. The second-order valence-electron chi connectivity index (χ2n) is 5.75. The lowest BCUT2D eigenvalue weighted by Crippen LogP contribution is -2.07. The van der Waals surface area contributed by atoms with Crippen LogP contribution in [0.2, 0.25) is 0 Å². The van der Waals surface area contributed by atoms with E-state index in [0.29, 0.717) is 23.3 Å². The number of rotatable bonds is 3. The molecular formula is C17H15FN8. The van der Waals surface area contributed by atoms with Gasteiger partial charge in [0.25, 0.3) is 0 Å². The number of anilines is 3. The summed E-state index contributed by atoms with van der Waals surface area (Å²) in [4.78, 5) is 12.4. The van der Waals surface area contributed by atoms with Gasteiger partial charge in [-0.3, -0.25) is 0 Å². The summed E-state index contributed by atoms with van der Waals surface area (Å²) in [6.45, 7) is 0.454. The zero-order valence-electron chi connectivity index (χ0n) is 13.6. The van der Waals surface area contributed by atoms with Crippen molar-refractivity contribution in [1.29, 1.82) is 0 Å². The quantitative estimate of drug-likeness (QED) is 0.513. The fraction of sp³-hybridized carbons (Fsp3) is 0.0588. The molecule has 3 aromatic heterocycles. The van der Waals surface area contributed by atoms with E-state index >= 15 is 0 Å². The third-order valence-electron chi connectivity index (χ3n) is 3.95. The summed E-state index contributed by atoms with van der Waals surface area (Å²) in [6.07, 6.45) is 1.14. The van der Waals surface area contributed by atoms with Crippen LogP contribution in [0.4, 0.5) is 21.7 Å². The fourth-order valence-electron chi connectivity index (χ4n) is 2.68. The predicted octanol–water partition coefficient (Wildman–Crippen LogP) is 1.82. The first-order valence-electron chi connectivity index (χ1n) is 7.77. The molecule has 4 rings (SSSR count). The van der Waals surface area contributed by atoms with Crippen LogP contribution in [0.25, 0.3) is 22.6 Å². The minimum atomic E-state index is -0.491. The number of pyridine rings is 1. The number of nitrogen functional groups attached to an aromatic ring is 3. The molecule has 0 saturated carbocycles. The third kappa shape index (κ3) is 2.65. The molecular weight excluding hydrogens is 335 g/mol. The molecule has 130 valence electrons. The highest BCUT2D eigenvalue weighted by molar-refractivity contribution is 5.90. The van der Waals surface area contributed by atoms with E-state index in [1.807, 2.05) is 30.3 Å². The van der Waals surface area contributed by atoms with Gasteiger partial charge in [0, 0.05) is 0 Å². The Morgan fingerprint density at radius 3 is 2.38 bits per heavy atom. The average Bonchev–Trinajstić information content (AvgIpc) is 2.97. The Hall–Kier alpha value is -3.75. The summed E-state index contributed by atoms with van der Waals surface area (Å²) in [7, 11) is 0. The van der Waals surface area contributed by atoms with Gasteiger partial charge in [0.05, 0.1) is 18.1 Å². The van der Waals surface area contributed by atoms with Gasteiger partial charge in [-0.15, -0.1) is 0 Å². The molecule has 1 aromatic carbocycles. The first-order chi connectivity index (χ1) is 12.5. The molecule has 0 fully saturated rings. The molecule has 0 bridgehead atoms. The molecule has 0 aliphatic heterocycles. The van der Waals surface area contributed by atoms with Gasteiger partial charge in [-0.25, -0.2) is 24.0 Å². The predicted molar refractivity (Wildman–Crippen MR) is 97.3 cm³/mol. The zero-order valence-corrected chi connectivity index (χ0v) is 13.6. The number of hydrogen-bond acceptors (Lipinski definition) is 7. The van der Waals surface area contributed by atoms with Crippen LogP contribution in [0, 0.1) is 5.82 Å². The van der Waals surface area contributed by atoms with Crippen molar-refractivity contribution in [3.05, 3.63) is 54.0 Å². The van der Waals surface area contributed by atoms with Crippen LogP contribution in [-0.2, 0) is 6.54 Å². The van der Waals surface area contributed by atoms with Crippen LogP contribution in [0.15, 0.2) is 42.6 Å². The van der Waals surface area contributed by atoms with Gasteiger partial charge < -0.3 is 17.2 Å². The van der Waals surface area contributed by atoms with E-state index in [4.69, 9.17) is 17.2 Å². The van der Waals surface area contributed by atoms with Crippen molar-refractivity contribution in [3.8, 4) is 11.5 Å². The number of nitrogens with zero attached hydrogens (tertiary/aromatic N) is 5. The van der Waals surface area contributed by atoms with Crippen molar-refractivity contribution in [2.45, 2.75) is 6.54 Å². The average molecular weight is 350 g/mol. The smallest absolute Gasteiger partial charge is 0.184 e. The Labute approximate surface area is 147 Å². The summed E-state index contributed by atoms with van der Waals surface area (Å²) in [5.74, 6) is -0.238. The van der Waals surface area contributed by atoms with Gasteiger partial charge in [0.15, 0.2) is 23.1 Å². The number of benzene rings is 1. The van der Waals surface area contributed by atoms with Crippen LogP contribution in [0.5, 0.6) is 0 Å². The molecule has 9 heteroatoms. The summed E-state index contributed by atoms with van der Waals surface area (Å²) in [6, 6.07) is 11.0. The van der Waals surface area contributed by atoms with Gasteiger partial charge in [-0.2, -0.15) is 5.10 Å². The number of nitrogens with two attached hydrogens (primary N) is 3. The minimum absolute atomic E-state index is 0.0441. The Morgan fingerprint density at radius 1 is 1.00 bits per heavy atom. The minimum Gasteiger partial charge on any atom is -0.393 e. The molecule has 0 radical (unpaired) electrons. The molecule has 8 nitrogen and oxygen atoms in total. The SMILES string of the molecule is Nc1nc(-c2nn(Cc3ccccc3)c3ncc(F)cc23)nc(N)c1N. The molecule has 6 N–H and O–H groups in total. The van der Waals surface area contributed by atoms with Crippen molar-refractivity contribution in [3.63, 3.8) is 0 Å². The van der Waals surface area contributed by atoms with Crippen LogP contribution in [0.1, 0.15) is 5.56 Å². The van der Waals surface area contributed by atoms with E-state index in [9.17, 15) is 4.39 Å². The highest BCUT2D eigenvalue weighted by atomic mass is 19.1. The fourth-order valence-corrected chi connectivity index (χ4v) is 2.68. The van der Waals surface area contributed by atoms with Crippen molar-refractivity contribution in [2.75, 3.05) is 17.2 Å². The Kier molecular flexibility index (Phi) is 3.61. The lowest BCUT2D eigenvalue weighted by atomic mass is 10.2. The first-order valence-corrected chi connectivity index (χ1v) is 7.77. The van der Waals surface area contributed by atoms with Crippen molar-refractivity contribution < 1.29 is 4.39 Å². The molecule has 0 spiro atoms. The molecule has 0 unspecified atom stereocenters. The molecule has 4 aromatic rings. The number of aromatic nitrogens is 5. The maximum atomic E-state index is 13.8. The standard InChI is InChI=1S/C17H15FN8/c18-10-6-11-13(16-23-14(20)12(19)15(21)24-16)25-26(17(11)22-7-10)8-9-4-2-1-3-5-9/h1-7H,8,19H2,(H4,20,21,23,24). The van der Waals surface area contributed by atoms with E-state index in [2.05, 4.69) is 20.1 Å². The van der Waals surface area contributed by atoms with Gasteiger partial charge in [0.1, 0.15) is 17.2 Å². The molecule has 0 amide bonds. The number of hydrogen-bond donors (Lipinski definition) is 3. The van der Waals surface area contributed by atoms with Crippen LogP contribution in [0.3, 0.4) is 0 Å². The zero-order chi connectivity index (χ0) is 18.3. The Bertz CT molecular complexity index is 1080. The van der Waals surface area contributed by atoms with Crippen molar-refractivity contribution in [1.82, 2.24) is 24.7 Å². The number of halogens is 1. The van der Waals surface area contributed by atoms with Gasteiger partial charge in [-0.1, -0.05) is 30.3 Å². The lowest BCUT2D eigenvalue weighted by molar-refractivity contribution is 0.622. The molecule has 0 saturated heterocycles. The van der Waals surface area contributed by atoms with Crippen molar-refractivity contribution >= 4 is 28.4 Å². The third-order valence-corrected chi connectivity index (χ3v) is 3.95. The maximum absolute atomic E-state index is 13.8. The molecule has 0 aliphatic rings. The molecule has 26 heavy (non-hydrogen) atoms. The van der Waals surface area contributed by atoms with E-state index in [-0.39, 0.29) is 23.1 Å². The van der Waals surface area contributed by atoms with Crippen LogP contribution >= 0.6 is 0 Å². The topological polar surface area (TPSA) is 135 Å². The van der Waals surface area contributed by atoms with E-state index in [0.717, 1.165) is 11.8 Å². The van der Waals surface area contributed by atoms with Crippen molar-refractivity contribution in [2.24, 2.45) is 0 Å². The van der Waals surface area contributed by atoms with Gasteiger partial charge >= 0.3 is 0 Å². The van der Waals surface area contributed by atoms with Gasteiger partial charge in [0.2, 0.25) is 0 Å². The first kappa shape index (κ1) is 15.8. The van der Waals surface area contributed by atoms with Gasteiger partial charge in [-0.05, 0) is 11.6 Å². The number of fused-ring (bicyclic) bond motifs is 1. The summed E-state index contributed by atoms with van der Waals surface area (Å²) >= 11 is 0. The summed E-state index contributed by atoms with van der Waals surface area (Å²) in [5.41, 5.74) is 19.2. The molecule has 3 heterocycles. The van der Waals surface area contributed by atoms with Crippen LogP contribution < -0.4 is 17.2 Å². The monoisotopic (exact) mass is 350 g/mol. The second kappa shape index (κ2) is 5.96. The van der Waals surface area contributed by atoms with Crippen LogP contribution in [-0.4, -0.2) is 24.7 Å². The molecule has 0 aliphatic carbocycles. The lowest BCUT2D eigenvalue weighted by Gasteiger charge is -2.05.